The van der Waals surface area contributed by atoms with Crippen molar-refractivity contribution in [2.45, 2.75) is 26.4 Å². The number of nitrogens with one attached hydrogen (secondary N) is 1. The average molecular weight is 189 g/mol. The van der Waals surface area contributed by atoms with E-state index in [1.165, 1.54) is 10.9 Å². The van der Waals surface area contributed by atoms with E-state index >= 15 is 0 Å². The first-order chi connectivity index (χ1) is 6.48. The van der Waals surface area contributed by atoms with Crippen LogP contribution < -0.4 is 0 Å². The standard InChI is InChI=1S/C12H15NO/c1-8-5-4-6-10-9(8)7-11(13-10)12(2,3)14/h4-7,13-14H,1-3H3. The molecule has 2 nitrogen and oxygen atoms in total. The molecule has 0 spiro atoms. The van der Waals surface area contributed by atoms with E-state index in [0.29, 0.717) is 0 Å². The molecule has 2 heteroatoms. The molecule has 2 aromatic rings. The van der Waals surface area contributed by atoms with Gasteiger partial charge in [0.15, 0.2) is 0 Å². The molecular formula is C12H15NO. The highest BCUT2D eigenvalue weighted by molar-refractivity contribution is 5.83. The fourth-order valence-electron chi connectivity index (χ4n) is 1.64. The molecule has 0 saturated heterocycles. The highest BCUT2D eigenvalue weighted by Gasteiger charge is 2.18. The number of aromatic nitrogens is 1. The van der Waals surface area contributed by atoms with Crippen LogP contribution in [0.5, 0.6) is 0 Å². The van der Waals surface area contributed by atoms with Gasteiger partial charge in [0.2, 0.25) is 0 Å². The molecule has 1 aromatic carbocycles. The topological polar surface area (TPSA) is 36.0 Å². The van der Waals surface area contributed by atoms with Crippen molar-refractivity contribution < 1.29 is 5.11 Å². The predicted molar refractivity (Wildman–Crippen MR) is 58.3 cm³/mol. The lowest BCUT2D eigenvalue weighted by molar-refractivity contribution is 0.0747. The van der Waals surface area contributed by atoms with Crippen molar-refractivity contribution in [1.82, 2.24) is 4.98 Å². The molecule has 2 rings (SSSR count). The molecule has 0 radical (unpaired) electrons. The molecule has 2 N–H and O–H groups in total. The Morgan fingerprint density at radius 2 is 2.00 bits per heavy atom. The minimum absolute atomic E-state index is 0.800. The zero-order chi connectivity index (χ0) is 10.3. The lowest BCUT2D eigenvalue weighted by Gasteiger charge is -2.14. The highest BCUT2D eigenvalue weighted by atomic mass is 16.3. The quantitative estimate of drug-likeness (QED) is 0.711. The number of aryl methyl sites for hydroxylation is 1. The van der Waals surface area contributed by atoms with Gasteiger partial charge in [-0.25, -0.2) is 0 Å². The Morgan fingerprint density at radius 1 is 1.29 bits per heavy atom. The minimum Gasteiger partial charge on any atom is -0.384 e. The van der Waals surface area contributed by atoms with Gasteiger partial charge in [-0.3, -0.25) is 0 Å². The molecule has 0 saturated carbocycles. The maximum absolute atomic E-state index is 9.85. The molecule has 0 fully saturated rings. The predicted octanol–water partition coefficient (Wildman–Crippen LogP) is 2.70. The fourth-order valence-corrected chi connectivity index (χ4v) is 1.64. The Labute approximate surface area is 83.6 Å². The molecule has 0 aliphatic carbocycles. The van der Waals surface area contributed by atoms with E-state index in [-0.39, 0.29) is 0 Å². The number of aromatic amines is 1. The van der Waals surface area contributed by atoms with Crippen molar-refractivity contribution in [3.05, 3.63) is 35.5 Å². The van der Waals surface area contributed by atoms with E-state index < -0.39 is 5.60 Å². The van der Waals surface area contributed by atoms with E-state index in [9.17, 15) is 5.11 Å². The third-order valence-corrected chi connectivity index (χ3v) is 2.54. The molecule has 14 heavy (non-hydrogen) atoms. The SMILES string of the molecule is Cc1cccc2[nH]c(C(C)(C)O)cc12. The van der Waals surface area contributed by atoms with Gasteiger partial charge in [0.05, 0.1) is 5.60 Å². The summed E-state index contributed by atoms with van der Waals surface area (Å²) in [5.74, 6) is 0. The molecule has 0 aliphatic rings. The molecule has 0 amide bonds. The van der Waals surface area contributed by atoms with E-state index in [0.717, 1.165) is 11.2 Å². The van der Waals surface area contributed by atoms with Gasteiger partial charge in [0.25, 0.3) is 0 Å². The second-order valence-electron chi connectivity index (χ2n) is 4.28. The van der Waals surface area contributed by atoms with Crippen LogP contribution in [0.15, 0.2) is 24.3 Å². The average Bonchev–Trinajstić information content (AvgIpc) is 2.48. The second-order valence-corrected chi connectivity index (χ2v) is 4.28. The van der Waals surface area contributed by atoms with Crippen molar-refractivity contribution in [2.24, 2.45) is 0 Å². The summed E-state index contributed by atoms with van der Waals surface area (Å²) in [6, 6.07) is 8.13. The molecule has 0 bridgehead atoms. The number of benzene rings is 1. The maximum Gasteiger partial charge on any atom is 0.0987 e. The summed E-state index contributed by atoms with van der Waals surface area (Å²) < 4.78 is 0. The number of rotatable bonds is 1. The van der Waals surface area contributed by atoms with Crippen molar-refractivity contribution in [3.8, 4) is 0 Å². The van der Waals surface area contributed by atoms with Crippen molar-refractivity contribution in [1.29, 1.82) is 0 Å². The Balaban J connectivity index is 2.69. The zero-order valence-corrected chi connectivity index (χ0v) is 8.76. The molecular weight excluding hydrogens is 174 g/mol. The highest BCUT2D eigenvalue weighted by Crippen LogP contribution is 2.25. The van der Waals surface area contributed by atoms with E-state index in [1.807, 2.05) is 18.2 Å². The van der Waals surface area contributed by atoms with Gasteiger partial charge in [0.1, 0.15) is 0 Å². The van der Waals surface area contributed by atoms with Gasteiger partial charge in [0, 0.05) is 16.6 Å². The number of hydrogen-bond acceptors (Lipinski definition) is 1. The van der Waals surface area contributed by atoms with Crippen LogP contribution in [0.4, 0.5) is 0 Å². The van der Waals surface area contributed by atoms with Crippen LogP contribution in [0.1, 0.15) is 25.1 Å². The van der Waals surface area contributed by atoms with Gasteiger partial charge in [-0.05, 0) is 38.5 Å². The Kier molecular flexibility index (Phi) is 1.89. The van der Waals surface area contributed by atoms with Crippen LogP contribution in [-0.2, 0) is 5.60 Å². The van der Waals surface area contributed by atoms with E-state index in [4.69, 9.17) is 0 Å². The van der Waals surface area contributed by atoms with Crippen LogP contribution in [0.3, 0.4) is 0 Å². The fraction of sp³-hybridized carbons (Fsp3) is 0.333. The molecule has 0 unspecified atom stereocenters. The summed E-state index contributed by atoms with van der Waals surface area (Å²) in [7, 11) is 0. The molecule has 74 valence electrons. The summed E-state index contributed by atoms with van der Waals surface area (Å²) in [6.07, 6.45) is 0. The van der Waals surface area contributed by atoms with Crippen molar-refractivity contribution in [3.63, 3.8) is 0 Å². The summed E-state index contributed by atoms with van der Waals surface area (Å²) in [4.78, 5) is 3.23. The number of fused-ring (bicyclic) bond motifs is 1. The van der Waals surface area contributed by atoms with Crippen molar-refractivity contribution >= 4 is 10.9 Å². The van der Waals surface area contributed by atoms with Crippen LogP contribution in [0.25, 0.3) is 10.9 Å². The summed E-state index contributed by atoms with van der Waals surface area (Å²) in [6.45, 7) is 5.64. The summed E-state index contributed by atoms with van der Waals surface area (Å²) >= 11 is 0. The van der Waals surface area contributed by atoms with Crippen LogP contribution in [-0.4, -0.2) is 10.1 Å². The van der Waals surface area contributed by atoms with Gasteiger partial charge >= 0.3 is 0 Å². The largest absolute Gasteiger partial charge is 0.384 e. The maximum atomic E-state index is 9.85. The van der Waals surface area contributed by atoms with Crippen LogP contribution >= 0.6 is 0 Å². The molecule has 0 atom stereocenters. The van der Waals surface area contributed by atoms with Crippen LogP contribution in [0.2, 0.25) is 0 Å². The third-order valence-electron chi connectivity index (χ3n) is 2.54. The molecule has 1 aromatic heterocycles. The van der Waals surface area contributed by atoms with E-state index in [2.05, 4.69) is 18.0 Å². The zero-order valence-electron chi connectivity index (χ0n) is 8.76. The first kappa shape index (κ1) is 9.28. The first-order valence-electron chi connectivity index (χ1n) is 4.79. The molecule has 1 heterocycles. The monoisotopic (exact) mass is 189 g/mol. The molecule has 0 aliphatic heterocycles. The Bertz CT molecular complexity index is 463. The second kappa shape index (κ2) is 2.85. The normalized spacial score (nSPS) is 12.3. The number of hydrogen-bond donors (Lipinski definition) is 2. The summed E-state index contributed by atoms with van der Waals surface area (Å²) in [5.41, 5.74) is 2.38. The minimum atomic E-state index is -0.800. The van der Waals surface area contributed by atoms with Gasteiger partial charge in [-0.2, -0.15) is 0 Å². The van der Waals surface area contributed by atoms with Gasteiger partial charge in [-0.15, -0.1) is 0 Å². The third kappa shape index (κ3) is 1.42. The van der Waals surface area contributed by atoms with Gasteiger partial charge < -0.3 is 10.1 Å². The number of H-pyrrole nitrogens is 1. The number of aliphatic hydroxyl groups is 1. The first-order valence-corrected chi connectivity index (χ1v) is 4.79. The lowest BCUT2D eigenvalue weighted by atomic mass is 10.1. The Hall–Kier alpha value is -1.28. The summed E-state index contributed by atoms with van der Waals surface area (Å²) in [5, 5.41) is 11.0. The van der Waals surface area contributed by atoms with Gasteiger partial charge in [-0.1, -0.05) is 12.1 Å². The van der Waals surface area contributed by atoms with Crippen molar-refractivity contribution in [2.75, 3.05) is 0 Å². The van der Waals surface area contributed by atoms with Crippen LogP contribution in [0, 0.1) is 6.92 Å². The van der Waals surface area contributed by atoms with E-state index in [1.54, 1.807) is 13.8 Å². The lowest BCUT2D eigenvalue weighted by Crippen LogP contribution is -2.15. The Morgan fingerprint density at radius 3 is 2.57 bits per heavy atom. The smallest absolute Gasteiger partial charge is 0.0987 e.